The molecule has 2 rings (SSSR count). The zero-order valence-electron chi connectivity index (χ0n) is 11.5. The molecular formula is C17H12N2O3. The highest BCUT2D eigenvalue weighted by molar-refractivity contribution is 6.09. The summed E-state index contributed by atoms with van der Waals surface area (Å²) in [4.78, 5) is 17.6. The largest absolute Gasteiger partial charge is 0.295 e. The SMILES string of the molecule is N#Cc1ccc(C#Cc2ccc(NO)cc2)cc1.O=CC=O. The minimum Gasteiger partial charge on any atom is -0.295 e. The van der Waals surface area contributed by atoms with Crippen molar-refractivity contribution in [3.8, 4) is 17.9 Å². The molecule has 5 heteroatoms. The summed E-state index contributed by atoms with van der Waals surface area (Å²) in [7, 11) is 0. The van der Waals surface area contributed by atoms with Crippen molar-refractivity contribution in [3.05, 3.63) is 65.2 Å². The van der Waals surface area contributed by atoms with Gasteiger partial charge < -0.3 is 0 Å². The van der Waals surface area contributed by atoms with Gasteiger partial charge in [-0.1, -0.05) is 11.8 Å². The predicted octanol–water partition coefficient (Wildman–Crippen LogP) is 2.14. The maximum atomic E-state index is 8.81. The Labute approximate surface area is 127 Å². The van der Waals surface area contributed by atoms with E-state index in [0.29, 0.717) is 11.3 Å². The van der Waals surface area contributed by atoms with Crippen molar-refractivity contribution in [3.63, 3.8) is 0 Å². The maximum Gasteiger partial charge on any atom is 0.182 e. The van der Waals surface area contributed by atoms with Gasteiger partial charge in [-0.2, -0.15) is 5.26 Å². The number of hydrogen-bond donors (Lipinski definition) is 2. The second-order valence-electron chi connectivity index (χ2n) is 3.90. The maximum absolute atomic E-state index is 8.81. The van der Waals surface area contributed by atoms with Gasteiger partial charge in [0.15, 0.2) is 12.6 Å². The lowest BCUT2D eigenvalue weighted by Gasteiger charge is -1.96. The first-order chi connectivity index (χ1) is 10.7. The fraction of sp³-hybridized carbons (Fsp3) is 0. The van der Waals surface area contributed by atoms with Crippen molar-refractivity contribution in [1.29, 1.82) is 5.26 Å². The molecule has 0 fully saturated rings. The van der Waals surface area contributed by atoms with Crippen LogP contribution < -0.4 is 5.48 Å². The lowest BCUT2D eigenvalue weighted by molar-refractivity contribution is -0.122. The van der Waals surface area contributed by atoms with Crippen molar-refractivity contribution in [2.24, 2.45) is 0 Å². The molecule has 108 valence electrons. The fourth-order valence-corrected chi connectivity index (χ4v) is 1.40. The molecule has 0 aliphatic rings. The first-order valence-corrected chi connectivity index (χ1v) is 6.14. The van der Waals surface area contributed by atoms with E-state index in [-0.39, 0.29) is 12.6 Å². The molecule has 0 spiro atoms. The van der Waals surface area contributed by atoms with Gasteiger partial charge in [-0.05, 0) is 48.5 Å². The molecule has 0 saturated heterocycles. The average Bonchev–Trinajstić information content (AvgIpc) is 2.61. The van der Waals surface area contributed by atoms with Gasteiger partial charge in [0.1, 0.15) is 0 Å². The molecule has 2 aromatic rings. The van der Waals surface area contributed by atoms with E-state index in [1.807, 2.05) is 24.3 Å². The van der Waals surface area contributed by atoms with Crippen molar-refractivity contribution < 1.29 is 14.8 Å². The molecule has 0 bridgehead atoms. The number of aldehydes is 2. The van der Waals surface area contributed by atoms with E-state index in [1.165, 1.54) is 0 Å². The van der Waals surface area contributed by atoms with E-state index in [4.69, 9.17) is 20.1 Å². The summed E-state index contributed by atoms with van der Waals surface area (Å²) in [5, 5.41) is 17.3. The number of carbonyl (C=O) groups excluding carboxylic acids is 2. The molecule has 2 N–H and O–H groups in total. The minimum absolute atomic E-state index is 0.194. The lowest BCUT2D eigenvalue weighted by Crippen LogP contribution is -1.87. The molecule has 0 aliphatic carbocycles. The number of benzene rings is 2. The molecule has 0 aliphatic heterocycles. The van der Waals surface area contributed by atoms with Crippen LogP contribution in [0.1, 0.15) is 16.7 Å². The van der Waals surface area contributed by atoms with Gasteiger partial charge in [0.05, 0.1) is 17.3 Å². The molecule has 0 amide bonds. The number of rotatable bonds is 2. The number of anilines is 1. The molecule has 2 aromatic carbocycles. The quantitative estimate of drug-likeness (QED) is 0.383. The molecule has 0 heterocycles. The van der Waals surface area contributed by atoms with Gasteiger partial charge >= 0.3 is 0 Å². The summed E-state index contributed by atoms with van der Waals surface area (Å²) in [5.74, 6) is 6.01. The fourth-order valence-electron chi connectivity index (χ4n) is 1.40. The third-order valence-electron chi connectivity index (χ3n) is 2.43. The summed E-state index contributed by atoms with van der Waals surface area (Å²) in [5.41, 5.74) is 5.03. The normalized spacial score (nSPS) is 8.18. The van der Waals surface area contributed by atoms with E-state index < -0.39 is 0 Å². The van der Waals surface area contributed by atoms with Crippen LogP contribution in [0.2, 0.25) is 0 Å². The van der Waals surface area contributed by atoms with Crippen LogP contribution in [0.3, 0.4) is 0 Å². The molecular weight excluding hydrogens is 280 g/mol. The second kappa shape index (κ2) is 9.49. The Morgan fingerprint density at radius 3 is 1.59 bits per heavy atom. The molecule has 0 saturated carbocycles. The minimum atomic E-state index is 0.194. The van der Waals surface area contributed by atoms with Gasteiger partial charge in [0.25, 0.3) is 0 Å². The van der Waals surface area contributed by atoms with Crippen molar-refractivity contribution in [1.82, 2.24) is 0 Å². The Bertz CT molecular complexity index is 712. The Morgan fingerprint density at radius 2 is 1.23 bits per heavy atom. The number of nitrogens with one attached hydrogen (secondary N) is 1. The van der Waals surface area contributed by atoms with E-state index in [2.05, 4.69) is 23.4 Å². The van der Waals surface area contributed by atoms with E-state index >= 15 is 0 Å². The highest BCUT2D eigenvalue weighted by atomic mass is 16.5. The van der Waals surface area contributed by atoms with Crippen LogP contribution in [-0.2, 0) is 9.59 Å². The monoisotopic (exact) mass is 292 g/mol. The summed E-state index contributed by atoms with van der Waals surface area (Å²) in [6.07, 6.45) is 0.389. The van der Waals surface area contributed by atoms with Crippen LogP contribution in [-0.4, -0.2) is 17.8 Å². The number of carbonyl (C=O) groups is 2. The third-order valence-corrected chi connectivity index (χ3v) is 2.43. The molecule has 0 unspecified atom stereocenters. The zero-order chi connectivity index (χ0) is 16.2. The van der Waals surface area contributed by atoms with Gasteiger partial charge in [0.2, 0.25) is 0 Å². The molecule has 0 aromatic heterocycles. The van der Waals surface area contributed by atoms with Crippen molar-refractivity contribution in [2.75, 3.05) is 5.48 Å². The van der Waals surface area contributed by atoms with Crippen LogP contribution in [0.4, 0.5) is 5.69 Å². The van der Waals surface area contributed by atoms with Crippen molar-refractivity contribution in [2.45, 2.75) is 0 Å². The summed E-state index contributed by atoms with van der Waals surface area (Å²) >= 11 is 0. The van der Waals surface area contributed by atoms with Gasteiger partial charge in [-0.3, -0.25) is 20.3 Å². The zero-order valence-corrected chi connectivity index (χ0v) is 11.5. The number of nitrogens with zero attached hydrogens (tertiary/aromatic N) is 1. The average molecular weight is 292 g/mol. The molecule has 22 heavy (non-hydrogen) atoms. The summed E-state index contributed by atoms with van der Waals surface area (Å²) in [6.45, 7) is 0. The Kier molecular flexibility index (Phi) is 7.18. The predicted molar refractivity (Wildman–Crippen MR) is 81.1 cm³/mol. The Morgan fingerprint density at radius 1 is 0.818 bits per heavy atom. The van der Waals surface area contributed by atoms with E-state index in [1.54, 1.807) is 24.3 Å². The number of nitriles is 1. The van der Waals surface area contributed by atoms with Crippen molar-refractivity contribution >= 4 is 18.3 Å². The first kappa shape index (κ1) is 16.6. The standard InChI is InChI=1S/C15H10N2O.C2H2O2/c16-11-14-5-3-12(4-6-14)1-2-13-7-9-15(17-18)10-8-13;3-1-2-4/h3-10,17-18H;1-2H. The molecule has 5 nitrogen and oxygen atoms in total. The number of hydrogen-bond acceptors (Lipinski definition) is 5. The summed E-state index contributed by atoms with van der Waals surface area (Å²) in [6, 6.07) is 16.3. The van der Waals surface area contributed by atoms with E-state index in [0.717, 1.165) is 11.1 Å². The van der Waals surface area contributed by atoms with Gasteiger partial charge in [-0.25, -0.2) is 0 Å². The van der Waals surface area contributed by atoms with Crippen LogP contribution in [0, 0.1) is 23.2 Å². The van der Waals surface area contributed by atoms with Crippen LogP contribution in [0.5, 0.6) is 0 Å². The topological polar surface area (TPSA) is 90.2 Å². The molecule has 0 atom stereocenters. The third kappa shape index (κ3) is 5.70. The van der Waals surface area contributed by atoms with Crippen LogP contribution >= 0.6 is 0 Å². The smallest absolute Gasteiger partial charge is 0.182 e. The highest BCUT2D eigenvalue weighted by Gasteiger charge is 1.91. The van der Waals surface area contributed by atoms with Crippen LogP contribution in [0.25, 0.3) is 0 Å². The highest BCUT2D eigenvalue weighted by Crippen LogP contribution is 2.08. The second-order valence-corrected chi connectivity index (χ2v) is 3.90. The van der Waals surface area contributed by atoms with Gasteiger partial charge in [0, 0.05) is 11.1 Å². The van der Waals surface area contributed by atoms with E-state index in [9.17, 15) is 0 Å². The Balaban J connectivity index is 0.000000541. The lowest BCUT2D eigenvalue weighted by atomic mass is 10.1. The van der Waals surface area contributed by atoms with Crippen LogP contribution in [0.15, 0.2) is 48.5 Å². The van der Waals surface area contributed by atoms with Gasteiger partial charge in [-0.15, -0.1) is 0 Å². The molecule has 0 radical (unpaired) electrons. The first-order valence-electron chi connectivity index (χ1n) is 6.14. The Hall–Kier alpha value is -3.41. The summed E-state index contributed by atoms with van der Waals surface area (Å²) < 4.78 is 0.